The number of nitrogens with zero attached hydrogens (tertiary/aromatic N) is 4. The Hall–Kier alpha value is -2.83. The van der Waals surface area contributed by atoms with Crippen LogP contribution >= 0.6 is 0 Å². The third kappa shape index (κ3) is 6.61. The molecule has 0 unspecified atom stereocenters. The molecule has 1 saturated heterocycles. The summed E-state index contributed by atoms with van der Waals surface area (Å²) in [6.07, 6.45) is 0.194. The molecule has 1 aromatic rings. The monoisotopic (exact) mass is 487 g/mol. The van der Waals surface area contributed by atoms with Gasteiger partial charge >= 0.3 is 6.09 Å². The van der Waals surface area contributed by atoms with Crippen LogP contribution in [0.25, 0.3) is 0 Å². The van der Waals surface area contributed by atoms with E-state index in [9.17, 15) is 18.4 Å². The minimum Gasteiger partial charge on any atom is -0.465 e. The minimum atomic E-state index is -3.03. The summed E-state index contributed by atoms with van der Waals surface area (Å²) in [5.41, 5.74) is 4.66. The van der Waals surface area contributed by atoms with Crippen molar-refractivity contribution < 1.29 is 27.9 Å². The van der Waals surface area contributed by atoms with Gasteiger partial charge in [-0.2, -0.15) is 4.39 Å². The van der Waals surface area contributed by atoms with Gasteiger partial charge in [-0.25, -0.2) is 23.5 Å². The van der Waals surface area contributed by atoms with Crippen molar-refractivity contribution in [2.45, 2.75) is 51.5 Å². The van der Waals surface area contributed by atoms with Gasteiger partial charge in [-0.1, -0.05) is 25.7 Å². The Morgan fingerprint density at radius 3 is 2.53 bits per heavy atom. The molecule has 0 bridgehead atoms. The fourth-order valence-corrected chi connectivity index (χ4v) is 4.45. The largest absolute Gasteiger partial charge is 0.465 e. The van der Waals surface area contributed by atoms with Crippen LogP contribution in [0.2, 0.25) is 0 Å². The first-order valence-electron chi connectivity index (χ1n) is 11.5. The number of nitrogens with one attached hydrogen (secondary N) is 3. The van der Waals surface area contributed by atoms with Crippen LogP contribution in [0.5, 0.6) is 0 Å². The molecule has 0 spiro atoms. The maximum absolute atomic E-state index is 15.2. The van der Waals surface area contributed by atoms with Crippen LogP contribution in [0.15, 0.2) is 0 Å². The normalized spacial score (nSPS) is 20.4. The second kappa shape index (κ2) is 11.5. The number of likely N-dealkylation sites (N-methyl/N-ethyl adjacent to an activating group) is 1. The molecule has 1 aliphatic carbocycles. The van der Waals surface area contributed by atoms with E-state index < -0.39 is 41.8 Å². The van der Waals surface area contributed by atoms with Crippen LogP contribution < -0.4 is 21.1 Å². The minimum absolute atomic E-state index is 0.0623. The van der Waals surface area contributed by atoms with Crippen LogP contribution in [0.1, 0.15) is 51.3 Å². The average molecular weight is 488 g/mol. The highest BCUT2D eigenvalue weighted by atomic mass is 19.3. The fraction of sp³-hybridized carbons (Fsp3) is 0.714. The summed E-state index contributed by atoms with van der Waals surface area (Å²) in [5.74, 6) is -3.61. The lowest BCUT2D eigenvalue weighted by Gasteiger charge is -2.38. The van der Waals surface area contributed by atoms with E-state index in [4.69, 9.17) is 5.11 Å². The number of halogens is 3. The van der Waals surface area contributed by atoms with Gasteiger partial charge in [0.1, 0.15) is 0 Å². The zero-order valence-corrected chi connectivity index (χ0v) is 19.4. The lowest BCUT2D eigenvalue weighted by molar-refractivity contribution is -0.124. The Morgan fingerprint density at radius 1 is 1.21 bits per heavy atom. The molecule has 0 aromatic carbocycles. The standard InChI is InChI=1S/C21H32F3N7O3/c1-12-11-31(8-7-30(12)2)19-15(22)17(26-18(27-19)16(23)24)28-29-20(32)14(10-25-21(33)34)9-13-5-3-4-6-13/h12-14,16,25H,3-11H2,1-2H3,(H,29,32)(H,33,34)(H,26,27,28)/t12-,14-/m1/s1. The van der Waals surface area contributed by atoms with Gasteiger partial charge in [0.25, 0.3) is 6.43 Å². The molecular formula is C21H32F3N7O3. The molecule has 4 N–H and O–H groups in total. The number of anilines is 2. The number of carbonyl (C=O) groups excluding carboxylic acids is 1. The highest BCUT2D eigenvalue weighted by Gasteiger charge is 2.29. The Bertz CT molecular complexity index is 870. The van der Waals surface area contributed by atoms with E-state index in [-0.39, 0.29) is 18.4 Å². The molecular weight excluding hydrogens is 455 g/mol. The molecule has 0 radical (unpaired) electrons. The van der Waals surface area contributed by atoms with Gasteiger partial charge < -0.3 is 20.2 Å². The Morgan fingerprint density at radius 2 is 1.91 bits per heavy atom. The number of piperazine rings is 1. The predicted molar refractivity (Wildman–Crippen MR) is 119 cm³/mol. The number of rotatable bonds is 9. The fourth-order valence-electron chi connectivity index (χ4n) is 4.45. The van der Waals surface area contributed by atoms with Crippen LogP contribution in [0.4, 0.5) is 29.6 Å². The van der Waals surface area contributed by atoms with Gasteiger partial charge in [0.05, 0.1) is 5.92 Å². The number of amides is 2. The molecule has 2 atom stereocenters. The van der Waals surface area contributed by atoms with Crippen molar-refractivity contribution in [2.24, 2.45) is 11.8 Å². The van der Waals surface area contributed by atoms with Crippen LogP contribution in [-0.2, 0) is 4.79 Å². The van der Waals surface area contributed by atoms with Gasteiger partial charge in [-0.15, -0.1) is 0 Å². The molecule has 10 nitrogen and oxygen atoms in total. The molecule has 190 valence electrons. The topological polar surface area (TPSA) is 123 Å². The molecule has 1 aromatic heterocycles. The number of hydrogen-bond acceptors (Lipinski definition) is 7. The van der Waals surface area contributed by atoms with Crippen molar-refractivity contribution in [1.82, 2.24) is 25.6 Å². The molecule has 13 heteroatoms. The summed E-state index contributed by atoms with van der Waals surface area (Å²) in [6, 6.07) is 0.0623. The quantitative estimate of drug-likeness (QED) is 0.392. The third-order valence-electron chi connectivity index (χ3n) is 6.57. The summed E-state index contributed by atoms with van der Waals surface area (Å²) in [5, 5.41) is 11.1. The van der Waals surface area contributed by atoms with E-state index in [1.54, 1.807) is 4.90 Å². The van der Waals surface area contributed by atoms with Crippen molar-refractivity contribution in [1.29, 1.82) is 0 Å². The summed E-state index contributed by atoms with van der Waals surface area (Å²) >= 11 is 0. The van der Waals surface area contributed by atoms with Crippen molar-refractivity contribution in [3.05, 3.63) is 11.6 Å². The maximum Gasteiger partial charge on any atom is 0.404 e. The molecule has 3 rings (SSSR count). The van der Waals surface area contributed by atoms with Crippen LogP contribution in [-0.4, -0.2) is 71.2 Å². The number of alkyl halides is 2. The number of hydrogen-bond donors (Lipinski definition) is 4. The van der Waals surface area contributed by atoms with E-state index in [1.165, 1.54) is 0 Å². The van der Waals surface area contributed by atoms with Crippen LogP contribution in [0, 0.1) is 17.7 Å². The molecule has 2 aliphatic rings. The highest BCUT2D eigenvalue weighted by molar-refractivity contribution is 5.80. The Balaban J connectivity index is 1.75. The lowest BCUT2D eigenvalue weighted by Crippen LogP contribution is -2.50. The molecule has 2 heterocycles. The van der Waals surface area contributed by atoms with Crippen molar-refractivity contribution in [3.63, 3.8) is 0 Å². The molecule has 2 fully saturated rings. The SMILES string of the molecule is C[C@@H]1CN(c2nc(C(F)F)nc(NNC(=O)[C@@H](CNC(=O)O)CC3CCCC3)c2F)CCN1C. The summed E-state index contributed by atoms with van der Waals surface area (Å²) in [4.78, 5) is 34.6. The van der Waals surface area contributed by atoms with Crippen molar-refractivity contribution >= 4 is 23.6 Å². The average Bonchev–Trinajstić information content (AvgIpc) is 3.30. The summed E-state index contributed by atoms with van der Waals surface area (Å²) in [6.45, 7) is 3.22. The van der Waals surface area contributed by atoms with Gasteiger partial charge in [0, 0.05) is 32.2 Å². The van der Waals surface area contributed by atoms with Gasteiger partial charge in [0.15, 0.2) is 17.5 Å². The second-order valence-corrected chi connectivity index (χ2v) is 9.03. The molecule has 2 amide bonds. The second-order valence-electron chi connectivity index (χ2n) is 9.03. The third-order valence-corrected chi connectivity index (χ3v) is 6.57. The van der Waals surface area contributed by atoms with Crippen molar-refractivity contribution in [3.8, 4) is 0 Å². The summed E-state index contributed by atoms with van der Waals surface area (Å²) in [7, 11) is 1.92. The first kappa shape index (κ1) is 25.8. The predicted octanol–water partition coefficient (Wildman–Crippen LogP) is 2.60. The van der Waals surface area contributed by atoms with Crippen LogP contribution in [0.3, 0.4) is 0 Å². The lowest BCUT2D eigenvalue weighted by atomic mass is 9.92. The molecule has 1 aliphatic heterocycles. The van der Waals surface area contributed by atoms with Gasteiger partial charge in [-0.3, -0.25) is 15.6 Å². The number of carbonyl (C=O) groups is 2. The van der Waals surface area contributed by atoms with Crippen molar-refractivity contribution in [2.75, 3.05) is 43.6 Å². The molecule has 34 heavy (non-hydrogen) atoms. The number of aromatic nitrogens is 2. The van der Waals surface area contributed by atoms with E-state index in [2.05, 4.69) is 31.0 Å². The number of hydrazine groups is 1. The van der Waals surface area contributed by atoms with E-state index in [0.717, 1.165) is 25.7 Å². The zero-order valence-electron chi connectivity index (χ0n) is 19.4. The Labute approximate surface area is 196 Å². The highest BCUT2D eigenvalue weighted by Crippen LogP contribution is 2.31. The zero-order chi connectivity index (χ0) is 24.8. The van der Waals surface area contributed by atoms with Gasteiger partial charge in [-0.05, 0) is 26.3 Å². The van der Waals surface area contributed by atoms with E-state index in [1.807, 2.05) is 14.0 Å². The van der Waals surface area contributed by atoms with Gasteiger partial charge in [0.2, 0.25) is 11.7 Å². The summed E-state index contributed by atoms with van der Waals surface area (Å²) < 4.78 is 42.1. The first-order chi connectivity index (χ1) is 16.2. The van der Waals surface area contributed by atoms with E-state index >= 15 is 4.39 Å². The smallest absolute Gasteiger partial charge is 0.404 e. The maximum atomic E-state index is 15.2. The molecule has 1 saturated carbocycles. The van der Waals surface area contributed by atoms with E-state index in [0.29, 0.717) is 32.0 Å². The first-order valence-corrected chi connectivity index (χ1v) is 11.5. The number of carboxylic acid groups (broad SMARTS) is 1. The Kier molecular flexibility index (Phi) is 8.75.